The molecule has 1 aliphatic heterocycles. The molecular formula is C20H21N3O2. The molecule has 0 saturated carbocycles. The average Bonchev–Trinajstić information content (AvgIpc) is 3.11. The summed E-state index contributed by atoms with van der Waals surface area (Å²) in [4.78, 5) is 14.4. The van der Waals surface area contributed by atoms with E-state index in [2.05, 4.69) is 11.4 Å². The van der Waals surface area contributed by atoms with Crippen LogP contribution in [0, 0.1) is 11.3 Å². The van der Waals surface area contributed by atoms with Gasteiger partial charge in [0.25, 0.3) is 0 Å². The molecule has 2 atom stereocenters. The molecule has 0 spiro atoms. The molecule has 0 aromatic heterocycles. The molecule has 2 amide bonds. The van der Waals surface area contributed by atoms with Gasteiger partial charge in [-0.15, -0.1) is 0 Å². The third-order valence-electron chi connectivity index (χ3n) is 4.56. The number of amides is 2. The zero-order chi connectivity index (χ0) is 17.6. The van der Waals surface area contributed by atoms with Gasteiger partial charge in [-0.05, 0) is 43.0 Å². The zero-order valence-electron chi connectivity index (χ0n) is 13.9. The van der Waals surface area contributed by atoms with Crippen molar-refractivity contribution in [2.45, 2.75) is 31.4 Å². The first-order valence-corrected chi connectivity index (χ1v) is 8.48. The fourth-order valence-corrected chi connectivity index (χ4v) is 3.28. The molecule has 5 heteroatoms. The minimum atomic E-state index is -0.582. The SMILES string of the molecule is N#Cc1cccc(NC(=O)N2CCC[C@@H]2C[C@@H](O)c2ccccc2)c1. The van der Waals surface area contributed by atoms with Crippen LogP contribution in [0.15, 0.2) is 54.6 Å². The number of nitrogens with zero attached hydrogens (tertiary/aromatic N) is 2. The van der Waals surface area contributed by atoms with Crippen molar-refractivity contribution in [1.82, 2.24) is 4.90 Å². The van der Waals surface area contributed by atoms with E-state index in [0.29, 0.717) is 24.2 Å². The lowest BCUT2D eigenvalue weighted by atomic mass is 10.0. The molecule has 5 nitrogen and oxygen atoms in total. The van der Waals surface area contributed by atoms with Crippen LogP contribution < -0.4 is 5.32 Å². The second-order valence-corrected chi connectivity index (χ2v) is 6.27. The summed E-state index contributed by atoms with van der Waals surface area (Å²) in [5.41, 5.74) is 1.99. The fourth-order valence-electron chi connectivity index (χ4n) is 3.28. The number of rotatable bonds is 4. The first-order valence-electron chi connectivity index (χ1n) is 8.48. The Balaban J connectivity index is 1.64. The van der Waals surface area contributed by atoms with Crippen LogP contribution in [0.2, 0.25) is 0 Å². The Bertz CT molecular complexity index is 770. The number of hydrogen-bond donors (Lipinski definition) is 2. The van der Waals surface area contributed by atoms with E-state index in [9.17, 15) is 9.90 Å². The largest absolute Gasteiger partial charge is 0.388 e. The lowest BCUT2D eigenvalue weighted by Crippen LogP contribution is -2.39. The quantitative estimate of drug-likeness (QED) is 0.895. The molecule has 128 valence electrons. The summed E-state index contributed by atoms with van der Waals surface area (Å²) < 4.78 is 0. The molecule has 2 aromatic rings. The van der Waals surface area contributed by atoms with Gasteiger partial charge in [-0.25, -0.2) is 4.79 Å². The Labute approximate surface area is 147 Å². The molecule has 1 aliphatic rings. The van der Waals surface area contributed by atoms with Gasteiger partial charge in [-0.3, -0.25) is 0 Å². The molecule has 0 unspecified atom stereocenters. The van der Waals surface area contributed by atoms with Crippen molar-refractivity contribution in [2.24, 2.45) is 0 Å². The number of anilines is 1. The van der Waals surface area contributed by atoms with Crippen LogP contribution in [-0.2, 0) is 0 Å². The van der Waals surface area contributed by atoms with E-state index < -0.39 is 6.10 Å². The Morgan fingerprint density at radius 1 is 1.28 bits per heavy atom. The van der Waals surface area contributed by atoms with E-state index in [0.717, 1.165) is 18.4 Å². The first-order chi connectivity index (χ1) is 12.2. The van der Waals surface area contributed by atoms with E-state index >= 15 is 0 Å². The number of nitrogens with one attached hydrogen (secondary N) is 1. The van der Waals surface area contributed by atoms with Crippen LogP contribution in [0.4, 0.5) is 10.5 Å². The van der Waals surface area contributed by atoms with Crippen molar-refractivity contribution in [3.63, 3.8) is 0 Å². The molecule has 1 fully saturated rings. The molecule has 3 rings (SSSR count). The van der Waals surface area contributed by atoms with Crippen LogP contribution in [-0.4, -0.2) is 28.6 Å². The van der Waals surface area contributed by atoms with Crippen molar-refractivity contribution in [2.75, 3.05) is 11.9 Å². The predicted octanol–water partition coefficient (Wildman–Crippen LogP) is 3.68. The predicted molar refractivity (Wildman–Crippen MR) is 95.9 cm³/mol. The summed E-state index contributed by atoms with van der Waals surface area (Å²) in [5.74, 6) is 0. The topological polar surface area (TPSA) is 76.4 Å². The summed E-state index contributed by atoms with van der Waals surface area (Å²) in [6.07, 6.45) is 1.75. The van der Waals surface area contributed by atoms with Gasteiger partial charge < -0.3 is 15.3 Å². The number of hydrogen-bond acceptors (Lipinski definition) is 3. The number of carbonyl (C=O) groups is 1. The van der Waals surface area contributed by atoms with E-state index in [4.69, 9.17) is 5.26 Å². The molecule has 25 heavy (non-hydrogen) atoms. The number of aliphatic hydroxyl groups is 1. The Kier molecular flexibility index (Phi) is 5.32. The van der Waals surface area contributed by atoms with E-state index in [1.165, 1.54) is 0 Å². The molecule has 0 bridgehead atoms. The number of likely N-dealkylation sites (tertiary alicyclic amines) is 1. The highest BCUT2D eigenvalue weighted by Crippen LogP contribution is 2.28. The van der Waals surface area contributed by atoms with Crippen LogP contribution in [0.3, 0.4) is 0 Å². The molecule has 1 heterocycles. The number of nitriles is 1. The van der Waals surface area contributed by atoms with Crippen LogP contribution >= 0.6 is 0 Å². The van der Waals surface area contributed by atoms with Crippen LogP contribution in [0.5, 0.6) is 0 Å². The normalized spacial score (nSPS) is 17.8. The highest BCUT2D eigenvalue weighted by Gasteiger charge is 2.30. The van der Waals surface area contributed by atoms with Gasteiger partial charge in [-0.2, -0.15) is 5.26 Å². The zero-order valence-corrected chi connectivity index (χ0v) is 13.9. The summed E-state index contributed by atoms with van der Waals surface area (Å²) in [6, 6.07) is 18.3. The monoisotopic (exact) mass is 335 g/mol. The lowest BCUT2D eigenvalue weighted by Gasteiger charge is -2.27. The van der Waals surface area contributed by atoms with Crippen molar-refractivity contribution in [3.05, 3.63) is 65.7 Å². The minimum Gasteiger partial charge on any atom is -0.388 e. The van der Waals surface area contributed by atoms with Crippen molar-refractivity contribution in [1.29, 1.82) is 5.26 Å². The molecule has 0 aliphatic carbocycles. The number of carbonyl (C=O) groups excluding carboxylic acids is 1. The molecular weight excluding hydrogens is 314 g/mol. The van der Waals surface area contributed by atoms with Gasteiger partial charge in [0.1, 0.15) is 0 Å². The number of aliphatic hydroxyl groups excluding tert-OH is 1. The summed E-state index contributed by atoms with van der Waals surface area (Å²) in [7, 11) is 0. The maximum Gasteiger partial charge on any atom is 0.322 e. The minimum absolute atomic E-state index is 0.00866. The molecule has 1 saturated heterocycles. The third-order valence-corrected chi connectivity index (χ3v) is 4.56. The Morgan fingerprint density at radius 3 is 2.84 bits per heavy atom. The van der Waals surface area contributed by atoms with Gasteiger partial charge >= 0.3 is 6.03 Å². The smallest absolute Gasteiger partial charge is 0.322 e. The van der Waals surface area contributed by atoms with Gasteiger partial charge in [0, 0.05) is 18.3 Å². The summed E-state index contributed by atoms with van der Waals surface area (Å²) in [5, 5.41) is 22.3. The highest BCUT2D eigenvalue weighted by molar-refractivity contribution is 5.89. The number of benzene rings is 2. The third kappa shape index (κ3) is 4.17. The Hall–Kier alpha value is -2.84. The van der Waals surface area contributed by atoms with Crippen molar-refractivity contribution in [3.8, 4) is 6.07 Å². The summed E-state index contributed by atoms with van der Waals surface area (Å²) >= 11 is 0. The lowest BCUT2D eigenvalue weighted by molar-refractivity contribution is 0.130. The second-order valence-electron chi connectivity index (χ2n) is 6.27. The van der Waals surface area contributed by atoms with Crippen LogP contribution in [0.1, 0.15) is 36.5 Å². The highest BCUT2D eigenvalue weighted by atomic mass is 16.3. The standard InChI is InChI=1S/C20H21N3O2/c21-14-15-6-4-9-17(12-15)22-20(25)23-11-5-10-18(23)13-19(24)16-7-2-1-3-8-16/h1-4,6-9,12,18-19,24H,5,10-11,13H2,(H,22,25)/t18-,19-/m1/s1. The first kappa shape index (κ1) is 17.0. The second kappa shape index (κ2) is 7.82. The van der Waals surface area contributed by atoms with Gasteiger partial charge in [-0.1, -0.05) is 36.4 Å². The molecule has 2 N–H and O–H groups in total. The maximum atomic E-state index is 12.6. The van der Waals surface area contributed by atoms with E-state index in [1.807, 2.05) is 30.3 Å². The van der Waals surface area contributed by atoms with E-state index in [-0.39, 0.29) is 12.1 Å². The van der Waals surface area contributed by atoms with Crippen molar-refractivity contribution >= 4 is 11.7 Å². The number of urea groups is 1. The maximum absolute atomic E-state index is 12.6. The molecule has 0 radical (unpaired) electrons. The fraction of sp³-hybridized carbons (Fsp3) is 0.300. The summed E-state index contributed by atoms with van der Waals surface area (Å²) in [6.45, 7) is 0.677. The van der Waals surface area contributed by atoms with Gasteiger partial charge in [0.2, 0.25) is 0 Å². The van der Waals surface area contributed by atoms with Crippen molar-refractivity contribution < 1.29 is 9.90 Å². The van der Waals surface area contributed by atoms with Gasteiger partial charge in [0.05, 0.1) is 17.7 Å². The van der Waals surface area contributed by atoms with E-state index in [1.54, 1.807) is 29.2 Å². The average molecular weight is 335 g/mol. The Morgan fingerprint density at radius 2 is 2.08 bits per heavy atom. The van der Waals surface area contributed by atoms with Gasteiger partial charge in [0.15, 0.2) is 0 Å². The molecule has 2 aromatic carbocycles. The van der Waals surface area contributed by atoms with Crippen LogP contribution in [0.25, 0.3) is 0 Å².